The fourth-order valence-electron chi connectivity index (χ4n) is 2.99. The number of rotatable bonds is 3. The minimum absolute atomic E-state index is 0.0476. The highest BCUT2D eigenvalue weighted by atomic mass is 79.9. The second-order valence-electron chi connectivity index (χ2n) is 7.03. The van der Waals surface area contributed by atoms with Crippen LogP contribution in [0.2, 0.25) is 0 Å². The second kappa shape index (κ2) is 6.98. The Bertz CT molecular complexity index is 619. The number of carbonyl (C=O) groups excluding carboxylic acids is 1. The third-order valence-corrected chi connectivity index (χ3v) is 4.60. The Hall–Kier alpha value is -1.18. The SMILES string of the molecule is CC1OCC(NC(=O)OC(C)(C)C)(c2cc(Br)ccc2F)C1CO. The van der Waals surface area contributed by atoms with Gasteiger partial charge in [-0.25, -0.2) is 9.18 Å². The maximum Gasteiger partial charge on any atom is 0.408 e. The van der Waals surface area contributed by atoms with E-state index in [2.05, 4.69) is 21.2 Å². The molecule has 7 heteroatoms. The Morgan fingerprint density at radius 2 is 2.21 bits per heavy atom. The Morgan fingerprint density at radius 1 is 1.54 bits per heavy atom. The predicted molar refractivity (Wildman–Crippen MR) is 91.1 cm³/mol. The molecule has 5 nitrogen and oxygen atoms in total. The van der Waals surface area contributed by atoms with Gasteiger partial charge in [0.05, 0.1) is 19.3 Å². The van der Waals surface area contributed by atoms with Crippen LogP contribution in [0.3, 0.4) is 0 Å². The van der Waals surface area contributed by atoms with Gasteiger partial charge in [0.25, 0.3) is 0 Å². The van der Waals surface area contributed by atoms with E-state index in [1.165, 1.54) is 6.07 Å². The average molecular weight is 404 g/mol. The first kappa shape index (κ1) is 19.1. The van der Waals surface area contributed by atoms with Gasteiger partial charge in [-0.2, -0.15) is 0 Å². The van der Waals surface area contributed by atoms with Gasteiger partial charge in [0.15, 0.2) is 0 Å². The Labute approximate surface area is 149 Å². The van der Waals surface area contributed by atoms with Gasteiger partial charge in [0.1, 0.15) is 17.0 Å². The number of aliphatic hydroxyl groups is 1. The zero-order chi connectivity index (χ0) is 18.1. The summed E-state index contributed by atoms with van der Waals surface area (Å²) >= 11 is 3.33. The van der Waals surface area contributed by atoms with Crippen LogP contribution < -0.4 is 5.32 Å². The molecule has 1 aliphatic rings. The van der Waals surface area contributed by atoms with Gasteiger partial charge in [-0.3, -0.25) is 0 Å². The van der Waals surface area contributed by atoms with Gasteiger partial charge in [0.2, 0.25) is 0 Å². The van der Waals surface area contributed by atoms with Crippen molar-refractivity contribution in [2.75, 3.05) is 13.2 Å². The standard InChI is InChI=1S/C17H23BrFNO4/c1-10-13(8-21)17(9-23-10,20-15(22)24-16(2,3)4)12-7-11(18)5-6-14(12)19/h5-7,10,13,21H,8-9H2,1-4H3,(H,20,22). The second-order valence-corrected chi connectivity index (χ2v) is 7.94. The van der Waals surface area contributed by atoms with Crippen LogP contribution in [0.4, 0.5) is 9.18 Å². The number of halogens is 2. The zero-order valence-electron chi connectivity index (χ0n) is 14.2. The molecule has 3 atom stereocenters. The minimum atomic E-state index is -1.20. The van der Waals surface area contributed by atoms with Crippen LogP contribution in [-0.2, 0) is 15.0 Å². The van der Waals surface area contributed by atoms with Crippen LogP contribution in [0.5, 0.6) is 0 Å². The first-order valence-corrected chi connectivity index (χ1v) is 8.57. The molecule has 0 aromatic heterocycles. The number of hydrogen-bond donors (Lipinski definition) is 2. The number of amides is 1. The van der Waals surface area contributed by atoms with E-state index in [0.717, 1.165) is 0 Å². The van der Waals surface area contributed by atoms with Gasteiger partial charge in [-0.15, -0.1) is 0 Å². The number of benzene rings is 1. The maximum atomic E-state index is 14.5. The monoisotopic (exact) mass is 403 g/mol. The molecule has 0 radical (unpaired) electrons. The van der Waals surface area contributed by atoms with Crippen LogP contribution in [-0.4, -0.2) is 36.1 Å². The number of aliphatic hydroxyl groups excluding tert-OH is 1. The van der Waals surface area contributed by atoms with Crippen molar-refractivity contribution in [2.24, 2.45) is 5.92 Å². The Kier molecular flexibility index (Phi) is 5.57. The number of hydrogen-bond acceptors (Lipinski definition) is 4. The molecule has 1 aromatic rings. The molecule has 2 rings (SSSR count). The summed E-state index contributed by atoms with van der Waals surface area (Å²) in [7, 11) is 0. The van der Waals surface area contributed by atoms with Crippen molar-refractivity contribution >= 4 is 22.0 Å². The molecule has 134 valence electrons. The van der Waals surface area contributed by atoms with Crippen LogP contribution >= 0.6 is 15.9 Å². The molecular formula is C17H23BrFNO4. The molecule has 1 saturated heterocycles. The third-order valence-electron chi connectivity index (χ3n) is 4.10. The largest absolute Gasteiger partial charge is 0.444 e. The molecule has 1 amide bonds. The van der Waals surface area contributed by atoms with Crippen LogP contribution in [0, 0.1) is 11.7 Å². The molecule has 1 fully saturated rings. The van der Waals surface area contributed by atoms with E-state index in [0.29, 0.717) is 4.47 Å². The van der Waals surface area contributed by atoms with Gasteiger partial charge in [-0.05, 0) is 45.9 Å². The zero-order valence-corrected chi connectivity index (χ0v) is 15.8. The van der Waals surface area contributed by atoms with Gasteiger partial charge < -0.3 is 19.9 Å². The van der Waals surface area contributed by atoms with Crippen molar-refractivity contribution in [3.8, 4) is 0 Å². The molecule has 0 spiro atoms. The summed E-state index contributed by atoms with van der Waals surface area (Å²) in [5.41, 5.74) is -1.64. The van der Waals surface area contributed by atoms with E-state index in [1.54, 1.807) is 39.8 Å². The summed E-state index contributed by atoms with van der Waals surface area (Å²) in [5, 5.41) is 12.6. The van der Waals surface area contributed by atoms with Crippen LogP contribution in [0.15, 0.2) is 22.7 Å². The quantitative estimate of drug-likeness (QED) is 0.811. The molecule has 1 heterocycles. The lowest BCUT2D eigenvalue weighted by molar-refractivity contribution is 0.0390. The van der Waals surface area contributed by atoms with Crippen molar-refractivity contribution in [1.82, 2.24) is 5.32 Å². The van der Waals surface area contributed by atoms with Gasteiger partial charge in [0, 0.05) is 16.0 Å². The summed E-state index contributed by atoms with van der Waals surface area (Å²) in [6.07, 6.45) is -1.03. The predicted octanol–water partition coefficient (Wildman–Crippen LogP) is 3.34. The molecular weight excluding hydrogens is 381 g/mol. The number of ether oxygens (including phenoxy) is 2. The van der Waals surface area contributed by atoms with E-state index in [9.17, 15) is 14.3 Å². The van der Waals surface area contributed by atoms with Crippen molar-refractivity contribution in [2.45, 2.75) is 44.9 Å². The summed E-state index contributed by atoms with van der Waals surface area (Å²) in [4.78, 5) is 12.4. The lowest BCUT2D eigenvalue weighted by Gasteiger charge is -2.36. The minimum Gasteiger partial charge on any atom is -0.444 e. The highest BCUT2D eigenvalue weighted by molar-refractivity contribution is 9.10. The van der Waals surface area contributed by atoms with Gasteiger partial charge in [-0.1, -0.05) is 15.9 Å². The number of nitrogens with one attached hydrogen (secondary N) is 1. The van der Waals surface area contributed by atoms with E-state index in [1.807, 2.05) is 0 Å². The molecule has 1 aromatic carbocycles. The molecule has 3 unspecified atom stereocenters. The number of alkyl carbamates (subject to hydrolysis) is 1. The lowest BCUT2D eigenvalue weighted by atomic mass is 9.78. The van der Waals surface area contributed by atoms with Crippen molar-refractivity contribution in [3.63, 3.8) is 0 Å². The highest BCUT2D eigenvalue weighted by Gasteiger charge is 2.52. The first-order valence-electron chi connectivity index (χ1n) is 7.78. The van der Waals surface area contributed by atoms with Crippen molar-refractivity contribution < 1.29 is 23.8 Å². The van der Waals surface area contributed by atoms with Crippen LogP contribution in [0.1, 0.15) is 33.3 Å². The summed E-state index contributed by atoms with van der Waals surface area (Å²) in [5.74, 6) is -0.987. The summed E-state index contributed by atoms with van der Waals surface area (Å²) in [6, 6.07) is 4.49. The molecule has 2 N–H and O–H groups in total. The highest BCUT2D eigenvalue weighted by Crippen LogP contribution is 2.41. The fraction of sp³-hybridized carbons (Fsp3) is 0.588. The Balaban J connectivity index is 2.47. The maximum absolute atomic E-state index is 14.5. The van der Waals surface area contributed by atoms with E-state index >= 15 is 0 Å². The summed E-state index contributed by atoms with van der Waals surface area (Å²) in [6.45, 7) is 6.81. The molecule has 24 heavy (non-hydrogen) atoms. The van der Waals surface area contributed by atoms with Gasteiger partial charge >= 0.3 is 6.09 Å². The smallest absolute Gasteiger partial charge is 0.408 e. The van der Waals surface area contributed by atoms with Crippen molar-refractivity contribution in [1.29, 1.82) is 0 Å². The van der Waals surface area contributed by atoms with Crippen molar-refractivity contribution in [3.05, 3.63) is 34.1 Å². The molecule has 0 bridgehead atoms. The number of carbonyl (C=O) groups is 1. The topological polar surface area (TPSA) is 67.8 Å². The van der Waals surface area contributed by atoms with Crippen LogP contribution in [0.25, 0.3) is 0 Å². The van der Waals surface area contributed by atoms with E-state index < -0.39 is 29.0 Å². The Morgan fingerprint density at radius 3 is 2.79 bits per heavy atom. The average Bonchev–Trinajstić information content (AvgIpc) is 2.76. The fourth-order valence-corrected chi connectivity index (χ4v) is 3.35. The first-order chi connectivity index (χ1) is 11.1. The molecule has 1 aliphatic heterocycles. The normalized spacial score (nSPS) is 27.1. The molecule has 0 saturated carbocycles. The third kappa shape index (κ3) is 3.90. The lowest BCUT2D eigenvalue weighted by Crippen LogP contribution is -2.54. The van der Waals surface area contributed by atoms with E-state index in [-0.39, 0.29) is 24.9 Å². The molecule has 0 aliphatic carbocycles. The van der Waals surface area contributed by atoms with E-state index in [4.69, 9.17) is 9.47 Å². The summed E-state index contributed by atoms with van der Waals surface area (Å²) < 4.78 is 26.2.